The highest BCUT2D eigenvalue weighted by molar-refractivity contribution is 7.13. The number of aromatic nitrogens is 1. The van der Waals surface area contributed by atoms with E-state index in [4.69, 9.17) is 9.26 Å². The zero-order chi connectivity index (χ0) is 14.7. The number of esters is 1. The molecule has 0 spiro atoms. The first-order valence-electron chi connectivity index (χ1n) is 7.06. The van der Waals surface area contributed by atoms with E-state index < -0.39 is 0 Å². The zero-order valence-corrected chi connectivity index (χ0v) is 12.8. The Bertz CT molecular complexity index is 594. The fourth-order valence-corrected chi connectivity index (χ4v) is 3.38. The van der Waals surface area contributed by atoms with Crippen LogP contribution in [0.15, 0.2) is 28.1 Å². The second kappa shape index (κ2) is 6.41. The van der Waals surface area contributed by atoms with Crippen molar-refractivity contribution in [3.05, 3.63) is 29.3 Å². The Morgan fingerprint density at radius 3 is 3.29 bits per heavy atom. The number of carbonyl (C=O) groups is 1. The molecule has 0 aromatic carbocycles. The van der Waals surface area contributed by atoms with E-state index in [1.165, 1.54) is 7.11 Å². The summed E-state index contributed by atoms with van der Waals surface area (Å²) < 4.78 is 10.2. The van der Waals surface area contributed by atoms with Crippen LogP contribution in [0.25, 0.3) is 10.6 Å². The van der Waals surface area contributed by atoms with Crippen molar-refractivity contribution in [3.8, 4) is 10.6 Å². The molecule has 1 aliphatic rings. The Balaban J connectivity index is 1.62. The van der Waals surface area contributed by atoms with Crippen molar-refractivity contribution in [1.29, 1.82) is 0 Å². The standard InChI is InChI=1S/C15H18N2O3S/c1-19-15(18)11-4-2-6-17(9-11)10-12-8-13(20-16-12)14-5-3-7-21-14/h3,5,7-8,11H,2,4,6,9-10H2,1H3. The maximum Gasteiger partial charge on any atom is 0.309 e. The summed E-state index contributed by atoms with van der Waals surface area (Å²) in [6.07, 6.45) is 1.91. The second-order valence-corrected chi connectivity index (χ2v) is 6.20. The number of methoxy groups -OCH3 is 1. The molecule has 2 aromatic rings. The van der Waals surface area contributed by atoms with Gasteiger partial charge in [0.15, 0.2) is 5.76 Å². The molecule has 1 aliphatic heterocycles. The van der Waals surface area contributed by atoms with Crippen LogP contribution in [0.5, 0.6) is 0 Å². The maximum absolute atomic E-state index is 11.6. The molecular weight excluding hydrogens is 288 g/mol. The van der Waals surface area contributed by atoms with Crippen LogP contribution in [0.2, 0.25) is 0 Å². The summed E-state index contributed by atoms with van der Waals surface area (Å²) in [6.45, 7) is 2.42. The molecule has 21 heavy (non-hydrogen) atoms. The molecule has 0 amide bonds. The topological polar surface area (TPSA) is 55.6 Å². The van der Waals surface area contributed by atoms with Crippen LogP contribution in [0.4, 0.5) is 0 Å². The highest BCUT2D eigenvalue weighted by Crippen LogP contribution is 2.26. The Kier molecular flexibility index (Phi) is 4.36. The van der Waals surface area contributed by atoms with Gasteiger partial charge in [-0.2, -0.15) is 0 Å². The van der Waals surface area contributed by atoms with Gasteiger partial charge in [-0.3, -0.25) is 9.69 Å². The third-order valence-electron chi connectivity index (χ3n) is 3.75. The van der Waals surface area contributed by atoms with Crippen LogP contribution in [0.1, 0.15) is 18.5 Å². The molecule has 0 N–H and O–H groups in total. The number of carbonyl (C=O) groups excluding carboxylic acids is 1. The third kappa shape index (κ3) is 3.33. The first kappa shape index (κ1) is 14.3. The monoisotopic (exact) mass is 306 g/mol. The molecule has 112 valence electrons. The number of hydrogen-bond donors (Lipinski definition) is 0. The highest BCUT2D eigenvalue weighted by atomic mass is 32.1. The van der Waals surface area contributed by atoms with E-state index >= 15 is 0 Å². The van der Waals surface area contributed by atoms with Crippen molar-refractivity contribution in [1.82, 2.24) is 10.1 Å². The van der Waals surface area contributed by atoms with E-state index in [2.05, 4.69) is 10.1 Å². The fraction of sp³-hybridized carbons (Fsp3) is 0.467. The molecule has 5 nitrogen and oxygen atoms in total. The van der Waals surface area contributed by atoms with Gasteiger partial charge < -0.3 is 9.26 Å². The van der Waals surface area contributed by atoms with E-state index in [1.807, 2.05) is 23.6 Å². The molecule has 0 saturated carbocycles. The summed E-state index contributed by atoms with van der Waals surface area (Å²) in [5.41, 5.74) is 0.906. The normalized spacial score (nSPS) is 19.6. The van der Waals surface area contributed by atoms with Crippen molar-refractivity contribution in [2.24, 2.45) is 5.92 Å². The van der Waals surface area contributed by atoms with Gasteiger partial charge in [-0.15, -0.1) is 11.3 Å². The summed E-state index contributed by atoms with van der Waals surface area (Å²) >= 11 is 1.63. The minimum atomic E-state index is -0.112. The molecule has 2 aromatic heterocycles. The van der Waals surface area contributed by atoms with Crippen LogP contribution in [-0.4, -0.2) is 36.2 Å². The van der Waals surface area contributed by atoms with Crippen molar-refractivity contribution >= 4 is 17.3 Å². The minimum absolute atomic E-state index is 0.0209. The highest BCUT2D eigenvalue weighted by Gasteiger charge is 2.26. The number of piperidine rings is 1. The summed E-state index contributed by atoms with van der Waals surface area (Å²) in [5.74, 6) is 0.674. The third-order valence-corrected chi connectivity index (χ3v) is 4.63. The minimum Gasteiger partial charge on any atom is -0.469 e. The van der Waals surface area contributed by atoms with Crippen molar-refractivity contribution in [2.45, 2.75) is 19.4 Å². The molecule has 0 aliphatic carbocycles. The van der Waals surface area contributed by atoms with Gasteiger partial charge in [0.2, 0.25) is 0 Å². The van der Waals surface area contributed by atoms with E-state index in [-0.39, 0.29) is 11.9 Å². The van der Waals surface area contributed by atoms with Crippen molar-refractivity contribution in [2.75, 3.05) is 20.2 Å². The molecule has 1 atom stereocenters. The van der Waals surface area contributed by atoms with Crippen LogP contribution in [0, 0.1) is 5.92 Å². The van der Waals surface area contributed by atoms with E-state index in [1.54, 1.807) is 11.3 Å². The number of ether oxygens (including phenoxy) is 1. The summed E-state index contributed by atoms with van der Waals surface area (Å²) in [7, 11) is 1.45. The zero-order valence-electron chi connectivity index (χ0n) is 11.9. The van der Waals surface area contributed by atoms with Gasteiger partial charge in [-0.25, -0.2) is 0 Å². The molecule has 3 rings (SSSR count). The van der Waals surface area contributed by atoms with Crippen molar-refractivity contribution in [3.63, 3.8) is 0 Å². The molecule has 1 unspecified atom stereocenters. The first-order valence-corrected chi connectivity index (χ1v) is 7.94. The number of nitrogens with zero attached hydrogens (tertiary/aromatic N) is 2. The van der Waals surface area contributed by atoms with Gasteiger partial charge in [0, 0.05) is 19.2 Å². The lowest BCUT2D eigenvalue weighted by Gasteiger charge is -2.30. The molecular formula is C15H18N2O3S. The molecule has 0 radical (unpaired) electrons. The first-order chi connectivity index (χ1) is 10.3. The number of likely N-dealkylation sites (tertiary alicyclic amines) is 1. The van der Waals surface area contributed by atoms with E-state index in [0.717, 1.165) is 42.3 Å². The van der Waals surface area contributed by atoms with Gasteiger partial charge >= 0.3 is 5.97 Å². The average Bonchev–Trinajstić information content (AvgIpc) is 3.17. The number of thiophene rings is 1. The summed E-state index contributed by atoms with van der Waals surface area (Å²) in [4.78, 5) is 15.0. The molecule has 0 bridgehead atoms. The van der Waals surface area contributed by atoms with Crippen molar-refractivity contribution < 1.29 is 14.1 Å². The predicted molar refractivity (Wildman–Crippen MR) is 79.8 cm³/mol. The lowest BCUT2D eigenvalue weighted by Crippen LogP contribution is -2.38. The summed E-state index contributed by atoms with van der Waals surface area (Å²) in [6, 6.07) is 5.99. The fourth-order valence-electron chi connectivity index (χ4n) is 2.71. The van der Waals surface area contributed by atoms with Crippen LogP contribution >= 0.6 is 11.3 Å². The van der Waals surface area contributed by atoms with Gasteiger partial charge in [0.1, 0.15) is 0 Å². The van der Waals surface area contributed by atoms with Crippen LogP contribution in [0.3, 0.4) is 0 Å². The van der Waals surface area contributed by atoms with Gasteiger partial charge in [0.25, 0.3) is 0 Å². The smallest absolute Gasteiger partial charge is 0.309 e. The Hall–Kier alpha value is -1.66. The largest absolute Gasteiger partial charge is 0.469 e. The lowest BCUT2D eigenvalue weighted by atomic mass is 9.98. The van der Waals surface area contributed by atoms with Crippen LogP contribution in [-0.2, 0) is 16.1 Å². The average molecular weight is 306 g/mol. The lowest BCUT2D eigenvalue weighted by molar-refractivity contribution is -0.147. The summed E-state index contributed by atoms with van der Waals surface area (Å²) in [5, 5.41) is 6.15. The van der Waals surface area contributed by atoms with E-state index in [9.17, 15) is 4.79 Å². The number of rotatable bonds is 4. The van der Waals surface area contributed by atoms with Crippen LogP contribution < -0.4 is 0 Å². The Labute approximate surface area is 127 Å². The SMILES string of the molecule is COC(=O)C1CCCN(Cc2cc(-c3cccs3)on2)C1. The Morgan fingerprint density at radius 1 is 1.62 bits per heavy atom. The predicted octanol–water partition coefficient (Wildman–Crippen LogP) is 2.79. The number of hydrogen-bond acceptors (Lipinski definition) is 6. The quantitative estimate of drug-likeness (QED) is 0.813. The Morgan fingerprint density at radius 2 is 2.52 bits per heavy atom. The molecule has 1 saturated heterocycles. The molecule has 1 fully saturated rings. The molecule has 3 heterocycles. The molecule has 6 heteroatoms. The van der Waals surface area contributed by atoms with Gasteiger partial charge in [-0.1, -0.05) is 11.2 Å². The van der Waals surface area contributed by atoms with E-state index in [0.29, 0.717) is 6.54 Å². The van der Waals surface area contributed by atoms with Gasteiger partial charge in [0.05, 0.1) is 23.6 Å². The van der Waals surface area contributed by atoms with Gasteiger partial charge in [-0.05, 0) is 30.8 Å². The maximum atomic E-state index is 11.6. The second-order valence-electron chi connectivity index (χ2n) is 5.26.